The van der Waals surface area contributed by atoms with Crippen LogP contribution in [-0.2, 0) is 11.3 Å². The van der Waals surface area contributed by atoms with Crippen molar-refractivity contribution >= 4 is 33.1 Å². The van der Waals surface area contributed by atoms with E-state index >= 15 is 0 Å². The fraction of sp³-hybridized carbons (Fsp3) is 0.0500. The van der Waals surface area contributed by atoms with Crippen LogP contribution in [0.4, 0.5) is 5.13 Å². The summed E-state index contributed by atoms with van der Waals surface area (Å²) in [5.41, 5.74) is 1.64. The van der Waals surface area contributed by atoms with Crippen molar-refractivity contribution in [2.45, 2.75) is 6.54 Å². The van der Waals surface area contributed by atoms with E-state index in [2.05, 4.69) is 28.5 Å². The van der Waals surface area contributed by atoms with Crippen LogP contribution in [0.15, 0.2) is 77.0 Å². The zero-order valence-electron chi connectivity index (χ0n) is 13.8. The molecule has 0 saturated carbocycles. The highest BCUT2D eigenvalue weighted by molar-refractivity contribution is 7.14. The molecule has 0 aliphatic heterocycles. The zero-order valence-corrected chi connectivity index (χ0v) is 14.6. The molecule has 128 valence electrons. The lowest BCUT2D eigenvalue weighted by atomic mass is 10.0. The molecule has 0 aliphatic rings. The van der Waals surface area contributed by atoms with E-state index in [4.69, 9.17) is 0 Å². The van der Waals surface area contributed by atoms with Crippen molar-refractivity contribution in [2.75, 3.05) is 5.32 Å². The molecule has 5 nitrogen and oxygen atoms in total. The van der Waals surface area contributed by atoms with Gasteiger partial charge in [0, 0.05) is 23.2 Å². The topological polar surface area (TPSA) is 64.0 Å². The number of nitrogens with zero attached hydrogens (tertiary/aromatic N) is 2. The van der Waals surface area contributed by atoms with Gasteiger partial charge in [-0.1, -0.05) is 48.5 Å². The molecule has 6 heteroatoms. The van der Waals surface area contributed by atoms with Gasteiger partial charge in [0.15, 0.2) is 5.13 Å². The zero-order chi connectivity index (χ0) is 17.9. The van der Waals surface area contributed by atoms with Gasteiger partial charge in [0.2, 0.25) is 5.91 Å². The van der Waals surface area contributed by atoms with Crippen LogP contribution in [0, 0.1) is 0 Å². The second-order valence-electron chi connectivity index (χ2n) is 5.78. The van der Waals surface area contributed by atoms with E-state index in [-0.39, 0.29) is 18.0 Å². The fourth-order valence-electron chi connectivity index (χ4n) is 2.81. The molecular formula is C20H15N3O2S. The average molecular weight is 361 g/mol. The Labute approximate surface area is 153 Å². The lowest BCUT2D eigenvalue weighted by Gasteiger charge is -2.05. The number of carbonyl (C=O) groups excluding carboxylic acids is 1. The largest absolute Gasteiger partial charge is 0.306 e. The van der Waals surface area contributed by atoms with Crippen LogP contribution in [0.1, 0.15) is 0 Å². The predicted molar refractivity (Wildman–Crippen MR) is 104 cm³/mol. The second-order valence-corrected chi connectivity index (χ2v) is 6.64. The number of hydrogen-bond acceptors (Lipinski definition) is 4. The molecule has 0 spiro atoms. The van der Waals surface area contributed by atoms with Gasteiger partial charge in [0.1, 0.15) is 6.54 Å². The number of thiazole rings is 1. The Balaban J connectivity index is 1.55. The van der Waals surface area contributed by atoms with E-state index in [1.54, 1.807) is 18.3 Å². The first-order chi connectivity index (χ1) is 12.7. The maximum atomic E-state index is 12.2. The molecule has 0 atom stereocenters. The van der Waals surface area contributed by atoms with E-state index in [0.29, 0.717) is 5.13 Å². The lowest BCUT2D eigenvalue weighted by Crippen LogP contribution is -2.26. The third-order valence-electron chi connectivity index (χ3n) is 4.03. The summed E-state index contributed by atoms with van der Waals surface area (Å²) in [6, 6.07) is 19.0. The molecule has 0 unspecified atom stereocenters. The first-order valence-electron chi connectivity index (χ1n) is 8.10. The predicted octanol–water partition coefficient (Wildman–Crippen LogP) is 3.76. The molecule has 2 heterocycles. The molecule has 1 N–H and O–H groups in total. The van der Waals surface area contributed by atoms with Gasteiger partial charge in [-0.2, -0.15) is 0 Å². The summed E-state index contributed by atoms with van der Waals surface area (Å²) in [4.78, 5) is 28.4. The summed E-state index contributed by atoms with van der Waals surface area (Å²) in [5.74, 6) is -0.280. The normalized spacial score (nSPS) is 10.8. The number of pyridine rings is 1. The Bertz CT molecular complexity index is 1140. The van der Waals surface area contributed by atoms with E-state index in [1.807, 2.05) is 29.6 Å². The van der Waals surface area contributed by atoms with Crippen LogP contribution >= 0.6 is 11.3 Å². The van der Waals surface area contributed by atoms with Crippen molar-refractivity contribution in [3.8, 4) is 11.3 Å². The van der Waals surface area contributed by atoms with Gasteiger partial charge in [-0.25, -0.2) is 4.98 Å². The van der Waals surface area contributed by atoms with Crippen molar-refractivity contribution in [3.63, 3.8) is 0 Å². The maximum absolute atomic E-state index is 12.2. The molecular weight excluding hydrogens is 346 g/mol. The highest BCUT2D eigenvalue weighted by atomic mass is 32.1. The number of rotatable bonds is 4. The maximum Gasteiger partial charge on any atom is 0.250 e. The van der Waals surface area contributed by atoms with Gasteiger partial charge >= 0.3 is 0 Å². The first-order valence-corrected chi connectivity index (χ1v) is 8.98. The van der Waals surface area contributed by atoms with E-state index < -0.39 is 0 Å². The minimum absolute atomic E-state index is 0.0388. The van der Waals surface area contributed by atoms with Crippen molar-refractivity contribution in [1.82, 2.24) is 9.55 Å². The van der Waals surface area contributed by atoms with Gasteiger partial charge in [-0.3, -0.25) is 9.59 Å². The van der Waals surface area contributed by atoms with Crippen molar-refractivity contribution in [1.29, 1.82) is 0 Å². The van der Waals surface area contributed by atoms with Crippen LogP contribution in [0.3, 0.4) is 0 Å². The highest BCUT2D eigenvalue weighted by Gasteiger charge is 2.11. The Hall–Kier alpha value is -3.25. The van der Waals surface area contributed by atoms with Crippen LogP contribution in [0.25, 0.3) is 22.0 Å². The quantitative estimate of drug-likeness (QED) is 0.602. The fourth-order valence-corrected chi connectivity index (χ4v) is 3.54. The van der Waals surface area contributed by atoms with Crippen LogP contribution in [0.2, 0.25) is 0 Å². The van der Waals surface area contributed by atoms with Crippen LogP contribution in [0.5, 0.6) is 0 Å². The van der Waals surface area contributed by atoms with E-state index in [0.717, 1.165) is 22.0 Å². The van der Waals surface area contributed by atoms with Gasteiger partial charge in [0.05, 0.1) is 5.69 Å². The minimum Gasteiger partial charge on any atom is -0.306 e. The number of fused-ring (bicyclic) bond motifs is 1. The van der Waals surface area contributed by atoms with Gasteiger partial charge in [0.25, 0.3) is 5.56 Å². The second kappa shape index (κ2) is 6.93. The molecule has 2 aromatic heterocycles. The average Bonchev–Trinajstić information content (AvgIpc) is 3.11. The summed E-state index contributed by atoms with van der Waals surface area (Å²) < 4.78 is 1.36. The Morgan fingerprint density at radius 3 is 2.73 bits per heavy atom. The molecule has 4 rings (SSSR count). The molecule has 26 heavy (non-hydrogen) atoms. The third kappa shape index (κ3) is 3.27. The smallest absolute Gasteiger partial charge is 0.250 e. The van der Waals surface area contributed by atoms with Crippen LogP contribution < -0.4 is 10.9 Å². The number of nitrogens with one attached hydrogen (secondary N) is 1. The number of amides is 1. The van der Waals surface area contributed by atoms with E-state index in [1.165, 1.54) is 22.0 Å². The minimum atomic E-state index is -0.280. The molecule has 0 fully saturated rings. The van der Waals surface area contributed by atoms with Gasteiger partial charge in [-0.05, 0) is 16.8 Å². The van der Waals surface area contributed by atoms with Crippen molar-refractivity contribution < 1.29 is 4.79 Å². The summed E-state index contributed by atoms with van der Waals surface area (Å²) >= 11 is 1.37. The Kier molecular flexibility index (Phi) is 4.33. The SMILES string of the molecule is O=C(Cn1ccccc1=O)Nc1nc(-c2cccc3ccccc23)cs1. The van der Waals surface area contributed by atoms with Crippen LogP contribution in [-0.4, -0.2) is 15.5 Å². The monoisotopic (exact) mass is 361 g/mol. The van der Waals surface area contributed by atoms with Crippen molar-refractivity contribution in [3.05, 3.63) is 82.6 Å². The summed E-state index contributed by atoms with van der Waals surface area (Å²) in [7, 11) is 0. The number of carbonyl (C=O) groups is 1. The first kappa shape index (κ1) is 16.2. The molecule has 0 radical (unpaired) electrons. The summed E-state index contributed by atoms with van der Waals surface area (Å²) in [6.07, 6.45) is 1.59. The molecule has 1 amide bonds. The molecule has 0 bridgehead atoms. The number of hydrogen-bond donors (Lipinski definition) is 1. The molecule has 2 aromatic carbocycles. The van der Waals surface area contributed by atoms with Gasteiger partial charge < -0.3 is 9.88 Å². The summed E-state index contributed by atoms with van der Waals surface area (Å²) in [5, 5.41) is 7.47. The number of aromatic nitrogens is 2. The lowest BCUT2D eigenvalue weighted by molar-refractivity contribution is -0.116. The number of anilines is 1. The third-order valence-corrected chi connectivity index (χ3v) is 4.79. The Morgan fingerprint density at radius 2 is 1.85 bits per heavy atom. The molecule has 0 saturated heterocycles. The standard InChI is InChI=1S/C20H15N3O2S/c24-18(12-23-11-4-3-10-19(23)25)22-20-21-17(13-26-20)16-9-5-7-14-6-1-2-8-15(14)16/h1-11,13H,12H2,(H,21,22,24). The van der Waals surface area contributed by atoms with Crippen molar-refractivity contribution in [2.24, 2.45) is 0 Å². The van der Waals surface area contributed by atoms with Gasteiger partial charge in [-0.15, -0.1) is 11.3 Å². The summed E-state index contributed by atoms with van der Waals surface area (Å²) in [6.45, 7) is -0.0388. The Morgan fingerprint density at radius 1 is 1.04 bits per heavy atom. The highest BCUT2D eigenvalue weighted by Crippen LogP contribution is 2.30. The molecule has 0 aliphatic carbocycles. The number of benzene rings is 2. The van der Waals surface area contributed by atoms with E-state index in [9.17, 15) is 9.59 Å². The molecule has 4 aromatic rings.